The number of carbonyl (C=O) groups is 1. The maximum atomic E-state index is 11.5. The molecule has 1 atom stereocenters. The standard InChI is InChI=1S/C20H26N2O3S/c1-25-20(24)18-4-2-16(3-5-18)12-21-8-9-22(19(14-21)6-10-23)13-17-7-11-26-15-17/h2-5,7,11,15,19,23H,6,8-10,12-14H2,1H3. The van der Waals surface area contributed by atoms with Gasteiger partial charge in [-0.1, -0.05) is 12.1 Å². The molecule has 0 aliphatic carbocycles. The second-order valence-electron chi connectivity index (χ2n) is 6.69. The molecule has 1 aliphatic rings. The van der Waals surface area contributed by atoms with Crippen molar-refractivity contribution in [2.75, 3.05) is 33.4 Å². The van der Waals surface area contributed by atoms with E-state index in [0.29, 0.717) is 11.6 Å². The molecule has 1 N–H and O–H groups in total. The summed E-state index contributed by atoms with van der Waals surface area (Å²) in [5.74, 6) is -0.304. The van der Waals surface area contributed by atoms with Gasteiger partial charge < -0.3 is 9.84 Å². The monoisotopic (exact) mass is 374 g/mol. The minimum atomic E-state index is -0.304. The predicted molar refractivity (Wildman–Crippen MR) is 103 cm³/mol. The summed E-state index contributed by atoms with van der Waals surface area (Å²) in [5, 5.41) is 13.8. The zero-order valence-electron chi connectivity index (χ0n) is 15.1. The first kappa shape index (κ1) is 19.0. The van der Waals surface area contributed by atoms with E-state index in [0.717, 1.165) is 39.1 Å². The fourth-order valence-corrected chi connectivity index (χ4v) is 4.13. The van der Waals surface area contributed by atoms with Crippen LogP contribution in [0.15, 0.2) is 41.1 Å². The fourth-order valence-electron chi connectivity index (χ4n) is 3.47. The number of aliphatic hydroxyl groups is 1. The van der Waals surface area contributed by atoms with Crippen LogP contribution in [0.4, 0.5) is 0 Å². The van der Waals surface area contributed by atoms with Crippen LogP contribution in [0.3, 0.4) is 0 Å². The number of thiophene rings is 1. The van der Waals surface area contributed by atoms with E-state index in [1.165, 1.54) is 18.2 Å². The Morgan fingerprint density at radius 3 is 2.65 bits per heavy atom. The van der Waals surface area contributed by atoms with Gasteiger partial charge in [0.15, 0.2) is 0 Å². The average Bonchev–Trinajstić information content (AvgIpc) is 3.17. The summed E-state index contributed by atoms with van der Waals surface area (Å²) in [6.45, 7) is 4.98. The highest BCUT2D eigenvalue weighted by Crippen LogP contribution is 2.19. The highest BCUT2D eigenvalue weighted by Gasteiger charge is 2.26. The first-order chi connectivity index (χ1) is 12.7. The van der Waals surface area contributed by atoms with Crippen molar-refractivity contribution in [1.29, 1.82) is 0 Å². The molecule has 1 saturated heterocycles. The van der Waals surface area contributed by atoms with Gasteiger partial charge in [-0.15, -0.1) is 0 Å². The van der Waals surface area contributed by atoms with E-state index in [9.17, 15) is 9.90 Å². The molecule has 6 heteroatoms. The number of hydrogen-bond acceptors (Lipinski definition) is 6. The molecule has 2 aromatic rings. The van der Waals surface area contributed by atoms with Crippen molar-refractivity contribution in [3.05, 3.63) is 57.8 Å². The summed E-state index contributed by atoms with van der Waals surface area (Å²) < 4.78 is 4.74. The lowest BCUT2D eigenvalue weighted by molar-refractivity contribution is 0.0500. The van der Waals surface area contributed by atoms with Crippen LogP contribution in [0.5, 0.6) is 0 Å². The molecule has 0 spiro atoms. The number of ether oxygens (including phenoxy) is 1. The highest BCUT2D eigenvalue weighted by atomic mass is 32.1. The van der Waals surface area contributed by atoms with Gasteiger partial charge in [0, 0.05) is 45.4 Å². The molecular formula is C20H26N2O3S. The second-order valence-corrected chi connectivity index (χ2v) is 7.47. The second kappa shape index (κ2) is 9.28. The zero-order chi connectivity index (χ0) is 18.4. The number of carbonyl (C=O) groups excluding carboxylic acids is 1. The van der Waals surface area contributed by atoms with Crippen molar-refractivity contribution >= 4 is 17.3 Å². The topological polar surface area (TPSA) is 53.0 Å². The van der Waals surface area contributed by atoms with Crippen LogP contribution in [0.25, 0.3) is 0 Å². The lowest BCUT2D eigenvalue weighted by Crippen LogP contribution is -2.52. The molecule has 140 valence electrons. The maximum Gasteiger partial charge on any atom is 0.337 e. The number of hydrogen-bond donors (Lipinski definition) is 1. The van der Waals surface area contributed by atoms with Crippen LogP contribution >= 0.6 is 11.3 Å². The predicted octanol–water partition coefficient (Wildman–Crippen LogP) is 2.60. The van der Waals surface area contributed by atoms with Crippen LogP contribution < -0.4 is 0 Å². The van der Waals surface area contributed by atoms with E-state index in [1.807, 2.05) is 24.3 Å². The Balaban J connectivity index is 1.59. The summed E-state index contributed by atoms with van der Waals surface area (Å²) >= 11 is 1.73. The first-order valence-electron chi connectivity index (χ1n) is 8.95. The van der Waals surface area contributed by atoms with Crippen LogP contribution in [0.1, 0.15) is 27.9 Å². The first-order valence-corrected chi connectivity index (χ1v) is 9.89. The van der Waals surface area contributed by atoms with Crippen molar-refractivity contribution in [2.45, 2.75) is 25.6 Å². The van der Waals surface area contributed by atoms with Crippen LogP contribution in [0.2, 0.25) is 0 Å². The van der Waals surface area contributed by atoms with Crippen LogP contribution in [-0.2, 0) is 17.8 Å². The molecule has 0 bridgehead atoms. The largest absolute Gasteiger partial charge is 0.465 e. The third-order valence-electron chi connectivity index (χ3n) is 4.90. The number of aliphatic hydroxyl groups excluding tert-OH is 1. The number of nitrogens with zero attached hydrogens (tertiary/aromatic N) is 2. The van der Waals surface area contributed by atoms with E-state index >= 15 is 0 Å². The molecule has 26 heavy (non-hydrogen) atoms. The lowest BCUT2D eigenvalue weighted by atomic mass is 10.1. The molecule has 1 fully saturated rings. The SMILES string of the molecule is COC(=O)c1ccc(CN2CCN(Cc3ccsc3)C(CCO)C2)cc1. The summed E-state index contributed by atoms with van der Waals surface area (Å²) in [5.41, 5.74) is 3.12. The Bertz CT molecular complexity index is 688. The Labute approximate surface area is 158 Å². The third kappa shape index (κ3) is 4.92. The third-order valence-corrected chi connectivity index (χ3v) is 5.63. The van der Waals surface area contributed by atoms with Gasteiger partial charge in [0.25, 0.3) is 0 Å². The van der Waals surface area contributed by atoms with Crippen molar-refractivity contribution in [1.82, 2.24) is 9.80 Å². The molecule has 1 aromatic carbocycles. The molecule has 1 aromatic heterocycles. The van der Waals surface area contributed by atoms with E-state index in [4.69, 9.17) is 4.74 Å². The highest BCUT2D eigenvalue weighted by molar-refractivity contribution is 7.07. The minimum Gasteiger partial charge on any atom is -0.465 e. The van der Waals surface area contributed by atoms with Gasteiger partial charge in [0.05, 0.1) is 12.7 Å². The molecule has 1 unspecified atom stereocenters. The van der Waals surface area contributed by atoms with E-state index in [1.54, 1.807) is 11.3 Å². The molecule has 2 heterocycles. The average molecular weight is 375 g/mol. The number of rotatable bonds is 7. The van der Waals surface area contributed by atoms with Crippen LogP contribution in [0, 0.1) is 0 Å². The van der Waals surface area contributed by atoms with Gasteiger partial charge in [0.1, 0.15) is 0 Å². The Kier molecular flexibility index (Phi) is 6.80. The number of esters is 1. The zero-order valence-corrected chi connectivity index (χ0v) is 16.0. The van der Waals surface area contributed by atoms with Gasteiger partial charge in [-0.2, -0.15) is 11.3 Å². The van der Waals surface area contributed by atoms with Gasteiger partial charge in [-0.3, -0.25) is 9.80 Å². The van der Waals surface area contributed by atoms with E-state index in [2.05, 4.69) is 26.6 Å². The maximum absolute atomic E-state index is 11.5. The number of benzene rings is 1. The molecule has 0 radical (unpaired) electrons. The van der Waals surface area contributed by atoms with Gasteiger partial charge in [-0.25, -0.2) is 4.79 Å². The van der Waals surface area contributed by atoms with Gasteiger partial charge in [-0.05, 0) is 46.5 Å². The van der Waals surface area contributed by atoms with Crippen molar-refractivity contribution in [2.24, 2.45) is 0 Å². The minimum absolute atomic E-state index is 0.215. The molecule has 0 saturated carbocycles. The molecule has 1 aliphatic heterocycles. The quantitative estimate of drug-likeness (QED) is 0.755. The summed E-state index contributed by atoms with van der Waals surface area (Å²) in [6.07, 6.45) is 0.794. The number of methoxy groups -OCH3 is 1. The Morgan fingerprint density at radius 1 is 1.19 bits per heavy atom. The molecule has 3 rings (SSSR count). The van der Waals surface area contributed by atoms with Crippen molar-refractivity contribution in [3.63, 3.8) is 0 Å². The lowest BCUT2D eigenvalue weighted by Gasteiger charge is -2.41. The van der Waals surface area contributed by atoms with Gasteiger partial charge in [0.2, 0.25) is 0 Å². The smallest absolute Gasteiger partial charge is 0.337 e. The summed E-state index contributed by atoms with van der Waals surface area (Å²) in [7, 11) is 1.40. The van der Waals surface area contributed by atoms with Gasteiger partial charge >= 0.3 is 5.97 Å². The van der Waals surface area contributed by atoms with E-state index in [-0.39, 0.29) is 12.6 Å². The van der Waals surface area contributed by atoms with Crippen LogP contribution in [-0.4, -0.2) is 60.3 Å². The fraction of sp³-hybridized carbons (Fsp3) is 0.450. The molecule has 5 nitrogen and oxygen atoms in total. The number of piperazine rings is 1. The molecular weight excluding hydrogens is 348 g/mol. The normalized spacial score (nSPS) is 18.8. The van der Waals surface area contributed by atoms with E-state index < -0.39 is 0 Å². The van der Waals surface area contributed by atoms with Crippen molar-refractivity contribution in [3.8, 4) is 0 Å². The Morgan fingerprint density at radius 2 is 2.00 bits per heavy atom. The van der Waals surface area contributed by atoms with Crippen molar-refractivity contribution < 1.29 is 14.6 Å². The summed E-state index contributed by atoms with van der Waals surface area (Å²) in [4.78, 5) is 16.4. The summed E-state index contributed by atoms with van der Waals surface area (Å²) in [6, 6.07) is 10.2. The molecule has 0 amide bonds. The Hall–Kier alpha value is -1.73.